The van der Waals surface area contributed by atoms with Crippen LogP contribution >= 0.6 is 0 Å². The highest BCUT2D eigenvalue weighted by Crippen LogP contribution is 2.31. The van der Waals surface area contributed by atoms with Gasteiger partial charge in [0.2, 0.25) is 0 Å². The van der Waals surface area contributed by atoms with Gasteiger partial charge in [-0.15, -0.1) is 0 Å². The van der Waals surface area contributed by atoms with Crippen molar-refractivity contribution in [3.8, 4) is 5.75 Å². The summed E-state index contributed by atoms with van der Waals surface area (Å²) in [6.45, 7) is 2.00. The van der Waals surface area contributed by atoms with E-state index in [0.29, 0.717) is 23.4 Å². The molecule has 0 bridgehead atoms. The van der Waals surface area contributed by atoms with Gasteiger partial charge in [-0.2, -0.15) is 0 Å². The predicted molar refractivity (Wildman–Crippen MR) is 104 cm³/mol. The number of ether oxygens (including phenoxy) is 2. The lowest BCUT2D eigenvalue weighted by Gasteiger charge is -2.42. The molecular weight excluding hydrogens is 342 g/mol. The predicted octanol–water partition coefficient (Wildman–Crippen LogP) is 5.33. The first kappa shape index (κ1) is 19.7. The van der Waals surface area contributed by atoms with Crippen LogP contribution in [-0.4, -0.2) is 35.7 Å². The van der Waals surface area contributed by atoms with Gasteiger partial charge in [-0.25, -0.2) is 4.79 Å². The Hall–Kier alpha value is -2.04. The molecule has 148 valence electrons. The first-order valence-corrected chi connectivity index (χ1v) is 10.5. The average molecular weight is 373 g/mol. The average Bonchev–Trinajstić information content (AvgIpc) is 2.70. The molecule has 2 aliphatic rings. The molecule has 1 aromatic carbocycles. The van der Waals surface area contributed by atoms with E-state index in [0.717, 1.165) is 25.7 Å². The van der Waals surface area contributed by atoms with Crippen molar-refractivity contribution in [2.45, 2.75) is 83.2 Å². The number of nitrogens with zero attached hydrogens (tertiary/aromatic N) is 1. The Morgan fingerprint density at radius 1 is 0.889 bits per heavy atom. The van der Waals surface area contributed by atoms with E-state index in [9.17, 15) is 9.59 Å². The molecule has 0 aliphatic heterocycles. The summed E-state index contributed by atoms with van der Waals surface area (Å²) in [4.78, 5) is 27.0. The number of hydrogen-bond donors (Lipinski definition) is 0. The minimum atomic E-state index is -0.720. The maximum Gasteiger partial charge on any atom is 0.513 e. The maximum atomic E-state index is 13.4. The van der Waals surface area contributed by atoms with Crippen LogP contribution in [0.5, 0.6) is 5.75 Å². The zero-order chi connectivity index (χ0) is 19.1. The lowest BCUT2D eigenvalue weighted by Crippen LogP contribution is -2.48. The number of hydrogen-bond acceptors (Lipinski definition) is 4. The Bertz CT molecular complexity index is 598. The van der Waals surface area contributed by atoms with E-state index in [-0.39, 0.29) is 12.5 Å². The number of amides is 1. The molecule has 5 heteroatoms. The third kappa shape index (κ3) is 5.24. The Morgan fingerprint density at radius 2 is 1.41 bits per heavy atom. The van der Waals surface area contributed by atoms with Crippen molar-refractivity contribution in [1.29, 1.82) is 0 Å². The zero-order valence-electron chi connectivity index (χ0n) is 16.3. The van der Waals surface area contributed by atoms with E-state index < -0.39 is 6.16 Å². The smallest absolute Gasteiger partial charge is 0.434 e. The normalized spacial score (nSPS) is 18.7. The number of carbonyl (C=O) groups excluding carboxylic acids is 2. The van der Waals surface area contributed by atoms with Crippen LogP contribution in [0.25, 0.3) is 0 Å². The number of benzene rings is 1. The summed E-state index contributed by atoms with van der Waals surface area (Å²) in [5, 5.41) is 0. The summed E-state index contributed by atoms with van der Waals surface area (Å²) < 4.78 is 9.88. The van der Waals surface area contributed by atoms with E-state index in [1.807, 2.05) is 0 Å². The molecule has 5 nitrogen and oxygen atoms in total. The van der Waals surface area contributed by atoms with Gasteiger partial charge in [0.25, 0.3) is 5.91 Å². The molecule has 0 N–H and O–H groups in total. The standard InChI is InChI=1S/C22H31NO4/c1-2-26-22(25)27-20-15-13-17(14-16-20)21(24)23(18-9-5-3-6-10-18)19-11-7-4-8-12-19/h13-16,18-19H,2-12H2,1H3. The van der Waals surface area contributed by atoms with Crippen LogP contribution in [0.3, 0.4) is 0 Å². The molecule has 1 aromatic rings. The quantitative estimate of drug-likeness (QED) is 0.517. The van der Waals surface area contributed by atoms with Crippen LogP contribution < -0.4 is 4.74 Å². The van der Waals surface area contributed by atoms with Crippen molar-refractivity contribution in [3.63, 3.8) is 0 Å². The van der Waals surface area contributed by atoms with E-state index in [1.165, 1.54) is 38.5 Å². The van der Waals surface area contributed by atoms with Crippen molar-refractivity contribution in [1.82, 2.24) is 4.90 Å². The van der Waals surface area contributed by atoms with E-state index in [4.69, 9.17) is 9.47 Å². The second-order valence-corrected chi connectivity index (χ2v) is 7.61. The zero-order valence-corrected chi connectivity index (χ0v) is 16.3. The third-order valence-electron chi connectivity index (χ3n) is 5.74. The van der Waals surface area contributed by atoms with Gasteiger partial charge < -0.3 is 14.4 Å². The highest BCUT2D eigenvalue weighted by molar-refractivity contribution is 5.94. The third-order valence-corrected chi connectivity index (χ3v) is 5.74. The molecule has 0 unspecified atom stereocenters. The monoisotopic (exact) mass is 373 g/mol. The van der Waals surface area contributed by atoms with Gasteiger partial charge in [0, 0.05) is 17.6 Å². The highest BCUT2D eigenvalue weighted by atomic mass is 16.7. The largest absolute Gasteiger partial charge is 0.513 e. The summed E-state index contributed by atoms with van der Waals surface area (Å²) in [6, 6.07) is 7.59. The molecule has 0 aromatic heterocycles. The number of carbonyl (C=O) groups is 2. The first-order chi connectivity index (χ1) is 13.2. The summed E-state index contributed by atoms with van der Waals surface area (Å²) in [7, 11) is 0. The molecule has 0 radical (unpaired) electrons. The van der Waals surface area contributed by atoms with E-state index >= 15 is 0 Å². The van der Waals surface area contributed by atoms with Crippen LogP contribution in [0.4, 0.5) is 4.79 Å². The summed E-state index contributed by atoms with van der Waals surface area (Å²) >= 11 is 0. The van der Waals surface area contributed by atoms with Crippen molar-refractivity contribution in [2.75, 3.05) is 6.61 Å². The fraction of sp³-hybridized carbons (Fsp3) is 0.636. The van der Waals surface area contributed by atoms with Crippen LogP contribution in [0.2, 0.25) is 0 Å². The fourth-order valence-electron chi connectivity index (χ4n) is 4.41. The van der Waals surface area contributed by atoms with Gasteiger partial charge >= 0.3 is 6.16 Å². The lowest BCUT2D eigenvalue weighted by molar-refractivity contribution is 0.0448. The van der Waals surface area contributed by atoms with Gasteiger partial charge in [0.1, 0.15) is 5.75 Å². The van der Waals surface area contributed by atoms with Crippen molar-refractivity contribution >= 4 is 12.1 Å². The molecule has 0 atom stereocenters. The Morgan fingerprint density at radius 3 is 1.89 bits per heavy atom. The summed E-state index contributed by atoms with van der Waals surface area (Å²) in [6.07, 6.45) is 11.2. The van der Waals surface area contributed by atoms with Crippen LogP contribution in [0.1, 0.15) is 81.5 Å². The minimum absolute atomic E-state index is 0.122. The van der Waals surface area contributed by atoms with E-state index in [2.05, 4.69) is 4.90 Å². The summed E-state index contributed by atoms with van der Waals surface area (Å²) in [5.41, 5.74) is 0.669. The van der Waals surface area contributed by atoms with E-state index in [1.54, 1.807) is 31.2 Å². The van der Waals surface area contributed by atoms with Crippen LogP contribution in [-0.2, 0) is 4.74 Å². The molecule has 0 heterocycles. The molecule has 1 amide bonds. The maximum absolute atomic E-state index is 13.4. The molecular formula is C22H31NO4. The van der Waals surface area contributed by atoms with Gasteiger partial charge in [-0.1, -0.05) is 38.5 Å². The van der Waals surface area contributed by atoms with Gasteiger partial charge in [-0.3, -0.25) is 4.79 Å². The van der Waals surface area contributed by atoms with Gasteiger partial charge in [0.15, 0.2) is 0 Å². The highest BCUT2D eigenvalue weighted by Gasteiger charge is 2.32. The van der Waals surface area contributed by atoms with Gasteiger partial charge in [-0.05, 0) is 56.9 Å². The molecule has 27 heavy (non-hydrogen) atoms. The molecule has 0 spiro atoms. The fourth-order valence-corrected chi connectivity index (χ4v) is 4.41. The Labute approximate surface area is 162 Å². The van der Waals surface area contributed by atoms with Crippen LogP contribution in [0, 0.1) is 0 Å². The van der Waals surface area contributed by atoms with Gasteiger partial charge in [0.05, 0.1) is 6.61 Å². The second-order valence-electron chi connectivity index (χ2n) is 7.61. The summed E-state index contributed by atoms with van der Waals surface area (Å²) in [5.74, 6) is 0.517. The molecule has 0 saturated heterocycles. The SMILES string of the molecule is CCOC(=O)Oc1ccc(C(=O)N(C2CCCCC2)C2CCCCC2)cc1. The molecule has 2 saturated carbocycles. The van der Waals surface area contributed by atoms with Crippen molar-refractivity contribution < 1.29 is 19.1 Å². The Balaban J connectivity index is 1.73. The topological polar surface area (TPSA) is 55.8 Å². The van der Waals surface area contributed by atoms with Crippen LogP contribution in [0.15, 0.2) is 24.3 Å². The van der Waals surface area contributed by atoms with Crippen molar-refractivity contribution in [2.24, 2.45) is 0 Å². The lowest BCUT2D eigenvalue weighted by atomic mass is 9.88. The minimum Gasteiger partial charge on any atom is -0.434 e. The molecule has 2 aliphatic carbocycles. The Kier molecular flexibility index (Phi) is 7.13. The number of rotatable bonds is 5. The first-order valence-electron chi connectivity index (χ1n) is 10.5. The van der Waals surface area contributed by atoms with Crippen molar-refractivity contribution in [3.05, 3.63) is 29.8 Å². The second kappa shape index (κ2) is 9.77. The molecule has 2 fully saturated rings. The molecule has 3 rings (SSSR count).